The first-order chi connectivity index (χ1) is 12.8. The molecule has 1 fully saturated rings. The second-order valence-electron chi connectivity index (χ2n) is 5.42. The SMILES string of the molecule is O=C1NC(=O)N(c2ccccc2)C(=O)/C1=C/c1cc(I)c(O)c([N+](=O)[O-])c1. The lowest BCUT2D eigenvalue weighted by molar-refractivity contribution is -0.386. The van der Waals surface area contributed by atoms with Gasteiger partial charge in [0.1, 0.15) is 5.57 Å². The zero-order chi connectivity index (χ0) is 19.7. The molecule has 10 heteroatoms. The van der Waals surface area contributed by atoms with Crippen LogP contribution in [-0.4, -0.2) is 27.9 Å². The Labute approximate surface area is 165 Å². The molecule has 9 nitrogen and oxygen atoms in total. The van der Waals surface area contributed by atoms with Crippen molar-refractivity contribution in [3.05, 3.63) is 67.3 Å². The fourth-order valence-electron chi connectivity index (χ4n) is 2.46. The number of rotatable bonds is 3. The summed E-state index contributed by atoms with van der Waals surface area (Å²) in [4.78, 5) is 48.0. The molecule has 2 aromatic rings. The number of anilines is 1. The van der Waals surface area contributed by atoms with Gasteiger partial charge >= 0.3 is 11.7 Å². The number of phenols is 1. The van der Waals surface area contributed by atoms with Crippen molar-refractivity contribution in [2.24, 2.45) is 0 Å². The van der Waals surface area contributed by atoms with Crippen LogP contribution in [0.2, 0.25) is 0 Å². The number of barbiturate groups is 1. The average molecular weight is 479 g/mol. The maximum atomic E-state index is 12.7. The fourth-order valence-corrected chi connectivity index (χ4v) is 3.10. The van der Waals surface area contributed by atoms with E-state index in [1.54, 1.807) is 40.8 Å². The van der Waals surface area contributed by atoms with E-state index in [2.05, 4.69) is 5.32 Å². The summed E-state index contributed by atoms with van der Waals surface area (Å²) < 4.78 is 0.174. The third kappa shape index (κ3) is 3.51. The van der Waals surface area contributed by atoms with E-state index in [9.17, 15) is 29.6 Å². The van der Waals surface area contributed by atoms with Crippen molar-refractivity contribution in [1.82, 2.24) is 5.32 Å². The molecule has 2 N–H and O–H groups in total. The van der Waals surface area contributed by atoms with Gasteiger partial charge in [-0.25, -0.2) is 9.69 Å². The summed E-state index contributed by atoms with van der Waals surface area (Å²) >= 11 is 1.70. The molecule has 0 spiro atoms. The Balaban J connectivity index is 2.08. The van der Waals surface area contributed by atoms with Gasteiger partial charge in [-0.1, -0.05) is 18.2 Å². The van der Waals surface area contributed by atoms with Crippen LogP contribution in [0.5, 0.6) is 5.75 Å². The van der Waals surface area contributed by atoms with E-state index in [0.717, 1.165) is 17.0 Å². The number of nitrogens with zero attached hydrogens (tertiary/aromatic N) is 2. The standard InChI is InChI=1S/C17H10IN3O6/c18-12-7-9(8-13(14(12)22)21(26)27)6-11-15(23)19-17(25)20(16(11)24)10-4-2-1-3-5-10/h1-8,22H,(H,19,23,25)/b11-6+. The number of carbonyl (C=O) groups excluding carboxylic acids is 3. The number of nitrogens with one attached hydrogen (secondary N) is 1. The number of benzene rings is 2. The molecule has 3 rings (SSSR count). The molecule has 0 saturated carbocycles. The van der Waals surface area contributed by atoms with Crippen molar-refractivity contribution >= 4 is 57.9 Å². The van der Waals surface area contributed by atoms with Gasteiger partial charge in [0.15, 0.2) is 0 Å². The maximum absolute atomic E-state index is 12.7. The van der Waals surface area contributed by atoms with Gasteiger partial charge in [0.2, 0.25) is 5.75 Å². The lowest BCUT2D eigenvalue weighted by atomic mass is 10.1. The number of nitro groups is 1. The zero-order valence-corrected chi connectivity index (χ0v) is 15.5. The van der Waals surface area contributed by atoms with E-state index in [-0.39, 0.29) is 20.4 Å². The molecule has 1 heterocycles. The normalized spacial score (nSPS) is 15.8. The van der Waals surface area contributed by atoms with E-state index >= 15 is 0 Å². The molecular weight excluding hydrogens is 469 g/mol. The van der Waals surface area contributed by atoms with Gasteiger partial charge in [0.05, 0.1) is 14.2 Å². The van der Waals surface area contributed by atoms with E-state index in [4.69, 9.17) is 0 Å². The first-order valence-electron chi connectivity index (χ1n) is 7.43. The molecule has 0 aliphatic carbocycles. The fraction of sp³-hybridized carbons (Fsp3) is 0. The number of nitro benzene ring substituents is 1. The van der Waals surface area contributed by atoms with Gasteiger partial charge < -0.3 is 5.11 Å². The van der Waals surface area contributed by atoms with E-state index < -0.39 is 34.2 Å². The van der Waals surface area contributed by atoms with E-state index in [1.165, 1.54) is 18.2 Å². The number of urea groups is 1. The number of aromatic hydroxyl groups is 1. The predicted octanol–water partition coefficient (Wildman–Crippen LogP) is 2.57. The molecule has 1 aliphatic heterocycles. The zero-order valence-electron chi connectivity index (χ0n) is 13.4. The van der Waals surface area contributed by atoms with Gasteiger partial charge in [-0.2, -0.15) is 0 Å². The summed E-state index contributed by atoms with van der Waals surface area (Å²) in [6, 6.07) is 9.53. The molecule has 27 heavy (non-hydrogen) atoms. The smallest absolute Gasteiger partial charge is 0.335 e. The van der Waals surface area contributed by atoms with Crippen molar-refractivity contribution in [2.45, 2.75) is 0 Å². The molecule has 1 saturated heterocycles. The quantitative estimate of drug-likeness (QED) is 0.229. The number of imide groups is 2. The van der Waals surface area contributed by atoms with Crippen molar-refractivity contribution in [3.8, 4) is 5.75 Å². The molecule has 136 valence electrons. The molecule has 0 aromatic heterocycles. The third-order valence-corrected chi connectivity index (χ3v) is 4.51. The van der Waals surface area contributed by atoms with Crippen LogP contribution in [0.1, 0.15) is 5.56 Å². The molecule has 0 atom stereocenters. The highest BCUT2D eigenvalue weighted by molar-refractivity contribution is 14.1. The molecule has 2 aromatic carbocycles. The minimum absolute atomic E-state index is 0.157. The van der Waals surface area contributed by atoms with Crippen LogP contribution in [-0.2, 0) is 9.59 Å². The number of para-hydroxylation sites is 1. The molecule has 0 radical (unpaired) electrons. The Morgan fingerprint density at radius 2 is 1.81 bits per heavy atom. The number of carbonyl (C=O) groups is 3. The highest BCUT2D eigenvalue weighted by Gasteiger charge is 2.36. The second-order valence-corrected chi connectivity index (χ2v) is 6.58. The monoisotopic (exact) mass is 479 g/mol. The summed E-state index contributed by atoms with van der Waals surface area (Å²) in [5.41, 5.74) is -0.503. The highest BCUT2D eigenvalue weighted by atomic mass is 127. The second kappa shape index (κ2) is 7.15. The van der Waals surface area contributed by atoms with Crippen LogP contribution in [0.3, 0.4) is 0 Å². The number of hydrogen-bond acceptors (Lipinski definition) is 6. The lowest BCUT2D eigenvalue weighted by Gasteiger charge is -2.26. The van der Waals surface area contributed by atoms with Crippen LogP contribution < -0.4 is 10.2 Å². The van der Waals surface area contributed by atoms with Crippen molar-refractivity contribution < 1.29 is 24.4 Å². The lowest BCUT2D eigenvalue weighted by Crippen LogP contribution is -2.54. The Hall–Kier alpha value is -3.28. The van der Waals surface area contributed by atoms with Gasteiger partial charge in [0.25, 0.3) is 11.8 Å². The van der Waals surface area contributed by atoms with Gasteiger partial charge in [0, 0.05) is 6.07 Å². The average Bonchev–Trinajstić information content (AvgIpc) is 2.62. The van der Waals surface area contributed by atoms with Crippen LogP contribution in [0, 0.1) is 13.7 Å². The largest absolute Gasteiger partial charge is 0.501 e. The molecule has 0 unspecified atom stereocenters. The summed E-state index contributed by atoms with van der Waals surface area (Å²) in [7, 11) is 0. The van der Waals surface area contributed by atoms with E-state index in [0.29, 0.717) is 0 Å². The van der Waals surface area contributed by atoms with Crippen molar-refractivity contribution in [1.29, 1.82) is 0 Å². The summed E-state index contributed by atoms with van der Waals surface area (Å²) in [6.07, 6.45) is 1.13. The number of amides is 4. The Kier molecular flexibility index (Phi) is 4.90. The third-order valence-electron chi connectivity index (χ3n) is 3.69. The minimum Gasteiger partial charge on any atom is -0.501 e. The minimum atomic E-state index is -0.914. The van der Waals surface area contributed by atoms with Gasteiger partial charge in [-0.05, 0) is 52.4 Å². The topological polar surface area (TPSA) is 130 Å². The number of halogens is 1. The first-order valence-corrected chi connectivity index (χ1v) is 8.51. The number of hydrogen-bond donors (Lipinski definition) is 2. The highest BCUT2D eigenvalue weighted by Crippen LogP contribution is 2.33. The van der Waals surface area contributed by atoms with Crippen molar-refractivity contribution in [3.63, 3.8) is 0 Å². The summed E-state index contributed by atoms with van der Waals surface area (Å²) in [6.45, 7) is 0. The molecule has 4 amide bonds. The maximum Gasteiger partial charge on any atom is 0.335 e. The van der Waals surface area contributed by atoms with Crippen LogP contribution in [0.15, 0.2) is 48.0 Å². The van der Waals surface area contributed by atoms with Crippen LogP contribution in [0.4, 0.5) is 16.2 Å². The van der Waals surface area contributed by atoms with Crippen LogP contribution >= 0.6 is 22.6 Å². The summed E-state index contributed by atoms with van der Waals surface area (Å²) in [5.74, 6) is -2.29. The van der Waals surface area contributed by atoms with Crippen molar-refractivity contribution in [2.75, 3.05) is 4.90 Å². The van der Waals surface area contributed by atoms with Gasteiger partial charge in [-0.3, -0.25) is 25.0 Å². The van der Waals surface area contributed by atoms with Gasteiger partial charge in [-0.15, -0.1) is 0 Å². The predicted molar refractivity (Wildman–Crippen MR) is 103 cm³/mol. The van der Waals surface area contributed by atoms with E-state index in [1.807, 2.05) is 0 Å². The summed E-state index contributed by atoms with van der Waals surface area (Å²) in [5, 5.41) is 22.9. The Morgan fingerprint density at radius 1 is 1.15 bits per heavy atom. The molecular formula is C17H10IN3O6. The van der Waals surface area contributed by atoms with Crippen LogP contribution in [0.25, 0.3) is 6.08 Å². The molecule has 1 aliphatic rings. The Bertz CT molecular complexity index is 1020. The first kappa shape index (κ1) is 18.5. The molecule has 0 bridgehead atoms. The Morgan fingerprint density at radius 3 is 2.44 bits per heavy atom. The number of phenolic OH excluding ortho intramolecular Hbond substituents is 1.